The van der Waals surface area contributed by atoms with Crippen LogP contribution >= 0.6 is 0 Å². The Hall–Kier alpha value is -3.91. The Morgan fingerprint density at radius 1 is 1.13 bits per heavy atom. The first-order chi connectivity index (χ1) is 14.5. The summed E-state index contributed by atoms with van der Waals surface area (Å²) in [5.74, 6) is -4.22. The van der Waals surface area contributed by atoms with E-state index in [2.05, 4.69) is 20.0 Å². The first-order valence-corrected chi connectivity index (χ1v) is 9.86. The Balaban J connectivity index is 2.05. The molecule has 0 radical (unpaired) electrons. The average molecular weight is 452 g/mol. The van der Waals surface area contributed by atoms with E-state index in [0.717, 1.165) is 30.6 Å². The van der Waals surface area contributed by atoms with Gasteiger partial charge in [0, 0.05) is 0 Å². The molecule has 13 nitrogen and oxygen atoms in total. The third-order valence-electron chi connectivity index (χ3n) is 3.77. The highest BCUT2D eigenvalue weighted by molar-refractivity contribution is 7.89. The Labute approximate surface area is 174 Å². The van der Waals surface area contributed by atoms with Crippen LogP contribution in [0.3, 0.4) is 0 Å². The molecule has 0 bridgehead atoms. The minimum Gasteiger partial charge on any atom is -0.507 e. The van der Waals surface area contributed by atoms with Crippen LogP contribution in [0.25, 0.3) is 0 Å². The van der Waals surface area contributed by atoms with Gasteiger partial charge in [-0.15, -0.1) is 0 Å². The van der Waals surface area contributed by atoms with Crippen LogP contribution in [0.5, 0.6) is 5.75 Å². The molecule has 2 rings (SSSR count). The highest BCUT2D eigenvalue weighted by Gasteiger charge is 2.20. The van der Waals surface area contributed by atoms with Crippen molar-refractivity contribution in [3.63, 3.8) is 0 Å². The summed E-state index contributed by atoms with van der Waals surface area (Å²) in [5.41, 5.74) is -0.710. The van der Waals surface area contributed by atoms with Gasteiger partial charge in [-0.3, -0.25) is 14.6 Å². The molecule has 5 N–H and O–H groups in total. The first kappa shape index (κ1) is 23.4. The second kappa shape index (κ2) is 9.73. The lowest BCUT2D eigenvalue weighted by Gasteiger charge is -2.10. The summed E-state index contributed by atoms with van der Waals surface area (Å²) in [7, 11) is -4.15. The van der Waals surface area contributed by atoms with Crippen molar-refractivity contribution in [1.82, 2.24) is 20.0 Å². The summed E-state index contributed by atoms with van der Waals surface area (Å²) >= 11 is 0. The highest BCUT2D eigenvalue weighted by atomic mass is 32.2. The normalized spacial score (nSPS) is 12.0. The third-order valence-corrected chi connectivity index (χ3v) is 5.16. The van der Waals surface area contributed by atoms with Crippen molar-refractivity contribution in [1.29, 1.82) is 0 Å². The van der Waals surface area contributed by atoms with Gasteiger partial charge >= 0.3 is 11.9 Å². The van der Waals surface area contributed by atoms with Crippen molar-refractivity contribution in [2.45, 2.75) is 23.9 Å². The SMILES string of the molecule is O=C[C@H](CC(=O)O)NC(=O)c1cnc(CNS(=O)(=O)c2ccc(O)c(C(=O)O)c2)cn1. The molecule has 1 amide bonds. The molecule has 0 fully saturated rings. The number of carboxylic acids is 2. The van der Waals surface area contributed by atoms with Gasteiger partial charge in [0.25, 0.3) is 5.91 Å². The van der Waals surface area contributed by atoms with Gasteiger partial charge in [-0.2, -0.15) is 0 Å². The molecule has 1 atom stereocenters. The van der Waals surface area contributed by atoms with Crippen molar-refractivity contribution < 1.29 is 42.9 Å². The number of aromatic nitrogens is 2. The van der Waals surface area contributed by atoms with Gasteiger partial charge in [-0.05, 0) is 18.2 Å². The number of hydrogen-bond donors (Lipinski definition) is 5. The van der Waals surface area contributed by atoms with Gasteiger partial charge in [0.2, 0.25) is 10.0 Å². The summed E-state index contributed by atoms with van der Waals surface area (Å²) in [5, 5.41) is 29.3. The Bertz CT molecular complexity index is 1120. The molecule has 31 heavy (non-hydrogen) atoms. The maximum atomic E-state index is 12.3. The van der Waals surface area contributed by atoms with Crippen LogP contribution in [0.1, 0.15) is 33.0 Å². The summed E-state index contributed by atoms with van der Waals surface area (Å²) < 4.78 is 26.8. The smallest absolute Gasteiger partial charge is 0.339 e. The number of aldehydes is 1. The molecule has 0 aliphatic rings. The zero-order valence-electron chi connectivity index (χ0n) is 15.5. The van der Waals surface area contributed by atoms with E-state index in [1.165, 1.54) is 0 Å². The Morgan fingerprint density at radius 3 is 2.39 bits per heavy atom. The highest BCUT2D eigenvalue weighted by Crippen LogP contribution is 2.21. The maximum Gasteiger partial charge on any atom is 0.339 e. The average Bonchev–Trinajstić information content (AvgIpc) is 2.71. The van der Waals surface area contributed by atoms with Crippen molar-refractivity contribution in [2.24, 2.45) is 0 Å². The largest absolute Gasteiger partial charge is 0.507 e. The summed E-state index contributed by atoms with van der Waals surface area (Å²) in [6.07, 6.45) is 1.75. The summed E-state index contributed by atoms with van der Waals surface area (Å²) in [6.45, 7) is -0.351. The molecule has 0 saturated carbocycles. The lowest BCUT2D eigenvalue weighted by Crippen LogP contribution is -2.38. The van der Waals surface area contributed by atoms with Crippen molar-refractivity contribution in [3.05, 3.63) is 47.5 Å². The lowest BCUT2D eigenvalue weighted by molar-refractivity contribution is -0.138. The van der Waals surface area contributed by atoms with Crippen LogP contribution in [0.2, 0.25) is 0 Å². The van der Waals surface area contributed by atoms with Crippen LogP contribution in [0.4, 0.5) is 0 Å². The first-order valence-electron chi connectivity index (χ1n) is 8.38. The number of carboxylic acid groups (broad SMARTS) is 2. The maximum absolute atomic E-state index is 12.3. The van der Waals surface area contributed by atoms with Gasteiger partial charge in [0.1, 0.15) is 23.3 Å². The van der Waals surface area contributed by atoms with E-state index in [1.807, 2.05) is 0 Å². The van der Waals surface area contributed by atoms with E-state index in [4.69, 9.17) is 10.2 Å². The van der Waals surface area contributed by atoms with E-state index in [0.29, 0.717) is 0 Å². The van der Waals surface area contributed by atoms with Gasteiger partial charge < -0.3 is 25.4 Å². The molecule has 0 saturated heterocycles. The number of sulfonamides is 1. The van der Waals surface area contributed by atoms with Crippen molar-refractivity contribution in [3.8, 4) is 5.75 Å². The second-order valence-electron chi connectivity index (χ2n) is 6.02. The van der Waals surface area contributed by atoms with Gasteiger partial charge in [0.15, 0.2) is 0 Å². The summed E-state index contributed by atoms with van der Waals surface area (Å²) in [4.78, 5) is 51.7. The van der Waals surface area contributed by atoms with Crippen LogP contribution in [0, 0.1) is 0 Å². The summed E-state index contributed by atoms with van der Waals surface area (Å²) in [6, 6.07) is 1.49. The number of carbonyl (C=O) groups excluding carboxylic acids is 2. The molecule has 2 aromatic rings. The van der Waals surface area contributed by atoms with Crippen molar-refractivity contribution in [2.75, 3.05) is 0 Å². The molecule has 0 unspecified atom stereocenters. The number of amides is 1. The van der Waals surface area contributed by atoms with Gasteiger partial charge in [0.05, 0.1) is 42.0 Å². The molecule has 0 spiro atoms. The van der Waals surface area contributed by atoms with E-state index in [1.54, 1.807) is 0 Å². The zero-order chi connectivity index (χ0) is 23.2. The number of nitrogens with zero attached hydrogens (tertiary/aromatic N) is 2. The molecular weight excluding hydrogens is 436 g/mol. The minimum atomic E-state index is -4.15. The van der Waals surface area contributed by atoms with Crippen LogP contribution in [-0.2, 0) is 26.2 Å². The third kappa shape index (κ3) is 6.28. The topological polar surface area (TPSA) is 213 Å². The van der Waals surface area contributed by atoms with E-state index in [-0.39, 0.29) is 24.2 Å². The van der Waals surface area contributed by atoms with Gasteiger partial charge in [-0.25, -0.2) is 22.9 Å². The molecule has 14 heteroatoms. The van der Waals surface area contributed by atoms with Crippen LogP contribution in [0.15, 0.2) is 35.5 Å². The molecule has 1 heterocycles. The van der Waals surface area contributed by atoms with Crippen molar-refractivity contribution >= 4 is 34.2 Å². The van der Waals surface area contributed by atoms with Crippen LogP contribution < -0.4 is 10.0 Å². The molecular formula is C17H16N4O9S. The van der Waals surface area contributed by atoms with Gasteiger partial charge in [-0.1, -0.05) is 0 Å². The fraction of sp³-hybridized carbons (Fsp3) is 0.176. The fourth-order valence-electron chi connectivity index (χ4n) is 2.23. The second-order valence-corrected chi connectivity index (χ2v) is 7.78. The predicted molar refractivity (Wildman–Crippen MR) is 101 cm³/mol. The molecule has 1 aromatic carbocycles. The molecule has 164 valence electrons. The number of hydrogen-bond acceptors (Lipinski definition) is 9. The predicted octanol–water partition coefficient (Wildman–Crippen LogP) is -0.869. The standard InChI is InChI=1S/C17H16N4O9S/c22-8-9(3-15(24)25)21-16(26)13-7-18-10(5-19-13)6-20-31(29,30)11-1-2-14(23)12(4-11)17(27)28/h1-2,4-5,7-9,20,23H,3,6H2,(H,21,26)(H,24,25)(H,27,28)/t9-/m0/s1. The zero-order valence-corrected chi connectivity index (χ0v) is 16.4. The number of carbonyl (C=O) groups is 4. The van der Waals surface area contributed by atoms with E-state index >= 15 is 0 Å². The molecule has 0 aliphatic carbocycles. The number of nitrogens with one attached hydrogen (secondary N) is 2. The minimum absolute atomic E-state index is 0.106. The van der Waals surface area contributed by atoms with E-state index < -0.39 is 56.5 Å². The molecule has 0 aliphatic heterocycles. The number of phenols is 1. The number of aromatic hydroxyl groups is 1. The quantitative estimate of drug-likeness (QED) is 0.279. The van der Waals surface area contributed by atoms with Crippen LogP contribution in [-0.4, -0.2) is 63.9 Å². The van der Waals surface area contributed by atoms with E-state index in [9.17, 15) is 32.7 Å². The lowest BCUT2D eigenvalue weighted by atomic mass is 10.2. The number of aliphatic carboxylic acids is 1. The number of aromatic carboxylic acids is 1. The monoisotopic (exact) mass is 452 g/mol. The number of benzene rings is 1. The Morgan fingerprint density at radius 2 is 1.84 bits per heavy atom. The fourth-order valence-corrected chi connectivity index (χ4v) is 3.26. The Kier molecular flexibility index (Phi) is 7.33. The molecule has 1 aromatic heterocycles. The number of rotatable bonds is 10.